The lowest BCUT2D eigenvalue weighted by molar-refractivity contribution is -0.122. The fourth-order valence-electron chi connectivity index (χ4n) is 3.49. The summed E-state index contributed by atoms with van der Waals surface area (Å²) >= 11 is 0. The Morgan fingerprint density at radius 3 is 2.35 bits per heavy atom. The first-order valence-electron chi connectivity index (χ1n) is 9.99. The summed E-state index contributed by atoms with van der Waals surface area (Å²) < 4.78 is 34.1. The Labute approximate surface area is 182 Å². The van der Waals surface area contributed by atoms with Crippen LogP contribution >= 0.6 is 0 Å². The molecule has 1 atom stereocenters. The molecule has 1 aliphatic rings. The minimum absolute atomic E-state index is 0.121. The fourth-order valence-corrected chi connectivity index (χ4v) is 4.97. The second kappa shape index (κ2) is 8.07. The summed E-state index contributed by atoms with van der Waals surface area (Å²) in [7, 11) is -3.88. The summed E-state index contributed by atoms with van der Waals surface area (Å²) in [6.07, 6.45) is -0.992. The first-order chi connectivity index (χ1) is 14.8. The van der Waals surface area contributed by atoms with Crippen LogP contribution in [0, 0.1) is 20.8 Å². The molecule has 0 spiro atoms. The highest BCUT2D eigenvalue weighted by Gasteiger charge is 2.37. The Kier molecular flexibility index (Phi) is 5.45. The van der Waals surface area contributed by atoms with Crippen molar-refractivity contribution >= 4 is 27.3 Å². The molecular formula is C24H24N2O4S. The molecule has 1 heterocycles. The maximum Gasteiger partial charge on any atom is 0.267 e. The van der Waals surface area contributed by atoms with Gasteiger partial charge in [-0.05, 0) is 62.2 Å². The molecule has 1 N–H and O–H groups in total. The number of hydrogen-bond acceptors (Lipinski definition) is 4. The highest BCUT2D eigenvalue weighted by molar-refractivity contribution is 7.92. The number of fused-ring (bicyclic) bond motifs is 1. The molecule has 31 heavy (non-hydrogen) atoms. The second-order valence-electron chi connectivity index (χ2n) is 7.73. The van der Waals surface area contributed by atoms with Crippen LogP contribution in [-0.4, -0.2) is 27.0 Å². The quantitative estimate of drug-likeness (QED) is 0.665. The van der Waals surface area contributed by atoms with Gasteiger partial charge in [-0.2, -0.15) is 0 Å². The monoisotopic (exact) mass is 436 g/mol. The molecule has 0 saturated carbocycles. The van der Waals surface area contributed by atoms with Gasteiger partial charge < -0.3 is 10.1 Å². The Hall–Kier alpha value is -3.32. The molecular weight excluding hydrogens is 412 g/mol. The maximum absolute atomic E-state index is 13.5. The van der Waals surface area contributed by atoms with E-state index in [4.69, 9.17) is 4.74 Å². The van der Waals surface area contributed by atoms with Crippen LogP contribution in [0.4, 0.5) is 11.4 Å². The van der Waals surface area contributed by atoms with Gasteiger partial charge >= 0.3 is 0 Å². The largest absolute Gasteiger partial charge is 0.476 e. The number of carbonyl (C=O) groups excluding carboxylic acids is 1. The Balaban J connectivity index is 1.71. The van der Waals surface area contributed by atoms with E-state index >= 15 is 0 Å². The van der Waals surface area contributed by atoms with Crippen LogP contribution in [0.1, 0.15) is 16.7 Å². The Morgan fingerprint density at radius 1 is 0.968 bits per heavy atom. The SMILES string of the molecule is Cc1ccc(S(=O)(=O)N2C[C@H](C(=O)Nc3ccccc3C)Oc3cc(C)ccc32)cc1. The number of nitrogens with one attached hydrogen (secondary N) is 1. The summed E-state index contributed by atoms with van der Waals surface area (Å²) in [5, 5.41) is 2.86. The predicted molar refractivity (Wildman–Crippen MR) is 121 cm³/mol. The van der Waals surface area contributed by atoms with Gasteiger partial charge in [-0.3, -0.25) is 9.10 Å². The van der Waals surface area contributed by atoms with Crippen molar-refractivity contribution in [2.75, 3.05) is 16.2 Å². The van der Waals surface area contributed by atoms with Crippen molar-refractivity contribution in [2.45, 2.75) is 31.8 Å². The van der Waals surface area contributed by atoms with E-state index in [1.807, 2.05) is 45.0 Å². The molecule has 0 radical (unpaired) electrons. The molecule has 4 rings (SSSR count). The number of carbonyl (C=O) groups is 1. The molecule has 6 nitrogen and oxygen atoms in total. The maximum atomic E-state index is 13.5. The summed E-state index contributed by atoms with van der Waals surface area (Å²) in [6, 6.07) is 19.4. The van der Waals surface area contributed by atoms with Crippen LogP contribution in [0.2, 0.25) is 0 Å². The number of hydrogen-bond donors (Lipinski definition) is 1. The van der Waals surface area contributed by atoms with Crippen LogP contribution in [0.3, 0.4) is 0 Å². The lowest BCUT2D eigenvalue weighted by Crippen LogP contribution is -2.48. The van der Waals surface area contributed by atoms with Crippen LogP contribution in [0.25, 0.3) is 0 Å². The number of sulfonamides is 1. The van der Waals surface area contributed by atoms with Crippen molar-refractivity contribution in [3.8, 4) is 5.75 Å². The van der Waals surface area contributed by atoms with E-state index in [0.29, 0.717) is 17.1 Å². The highest BCUT2D eigenvalue weighted by atomic mass is 32.2. The number of rotatable bonds is 4. The molecule has 3 aromatic rings. The Bertz CT molecular complexity index is 1240. The van der Waals surface area contributed by atoms with E-state index in [1.54, 1.807) is 42.5 Å². The fraction of sp³-hybridized carbons (Fsp3) is 0.208. The predicted octanol–water partition coefficient (Wildman–Crippen LogP) is 4.21. The number of nitrogens with zero attached hydrogens (tertiary/aromatic N) is 1. The molecule has 0 bridgehead atoms. The van der Waals surface area contributed by atoms with Crippen molar-refractivity contribution in [1.82, 2.24) is 0 Å². The average molecular weight is 437 g/mol. The zero-order valence-electron chi connectivity index (χ0n) is 17.6. The van der Waals surface area contributed by atoms with Gasteiger partial charge in [-0.15, -0.1) is 0 Å². The zero-order valence-corrected chi connectivity index (χ0v) is 18.4. The highest BCUT2D eigenvalue weighted by Crippen LogP contribution is 2.38. The summed E-state index contributed by atoms with van der Waals surface area (Å²) in [4.78, 5) is 13.2. The number of amides is 1. The zero-order chi connectivity index (χ0) is 22.2. The minimum atomic E-state index is -3.88. The van der Waals surface area contributed by atoms with Crippen molar-refractivity contribution in [3.63, 3.8) is 0 Å². The minimum Gasteiger partial charge on any atom is -0.476 e. The van der Waals surface area contributed by atoms with E-state index in [1.165, 1.54) is 4.31 Å². The number of anilines is 2. The van der Waals surface area contributed by atoms with Gasteiger partial charge in [0, 0.05) is 5.69 Å². The first-order valence-corrected chi connectivity index (χ1v) is 11.4. The lowest BCUT2D eigenvalue weighted by atomic mass is 10.1. The third-order valence-electron chi connectivity index (χ3n) is 5.29. The van der Waals surface area contributed by atoms with E-state index in [2.05, 4.69) is 5.32 Å². The van der Waals surface area contributed by atoms with E-state index < -0.39 is 22.0 Å². The van der Waals surface area contributed by atoms with Gasteiger partial charge in [-0.25, -0.2) is 8.42 Å². The molecule has 7 heteroatoms. The summed E-state index contributed by atoms with van der Waals surface area (Å²) in [6.45, 7) is 5.56. The van der Waals surface area contributed by atoms with Gasteiger partial charge in [0.1, 0.15) is 5.75 Å². The molecule has 1 amide bonds. The van der Waals surface area contributed by atoms with Crippen molar-refractivity contribution in [2.24, 2.45) is 0 Å². The molecule has 1 aliphatic heterocycles. The standard InChI is InChI=1S/C24H24N2O4S/c1-16-8-11-19(12-9-16)31(28,29)26-15-23(30-22-14-17(2)10-13-21(22)26)24(27)25-20-7-5-4-6-18(20)3/h4-14,23H,15H2,1-3H3,(H,25,27)/t23-/m1/s1. The van der Waals surface area contributed by atoms with E-state index in [0.717, 1.165) is 16.7 Å². The molecule has 0 unspecified atom stereocenters. The van der Waals surface area contributed by atoms with Crippen molar-refractivity contribution in [3.05, 3.63) is 83.4 Å². The third kappa shape index (κ3) is 4.14. The molecule has 0 aromatic heterocycles. The molecule has 0 fully saturated rings. The normalized spacial score (nSPS) is 15.7. The number of para-hydroxylation sites is 1. The number of ether oxygens (including phenoxy) is 1. The summed E-state index contributed by atoms with van der Waals surface area (Å²) in [5.74, 6) is -0.0302. The molecule has 3 aromatic carbocycles. The lowest BCUT2D eigenvalue weighted by Gasteiger charge is -2.35. The third-order valence-corrected chi connectivity index (χ3v) is 7.08. The Morgan fingerprint density at radius 2 is 1.65 bits per heavy atom. The van der Waals surface area contributed by atoms with Gasteiger partial charge in [0.25, 0.3) is 15.9 Å². The number of benzene rings is 3. The van der Waals surface area contributed by atoms with Gasteiger partial charge in [0.2, 0.25) is 0 Å². The first kappa shape index (κ1) is 20.9. The van der Waals surface area contributed by atoms with E-state index in [9.17, 15) is 13.2 Å². The summed E-state index contributed by atoms with van der Waals surface area (Å²) in [5.41, 5.74) is 3.87. The van der Waals surface area contributed by atoms with Gasteiger partial charge in [0.15, 0.2) is 6.10 Å². The average Bonchev–Trinajstić information content (AvgIpc) is 2.74. The smallest absolute Gasteiger partial charge is 0.267 e. The van der Waals surface area contributed by atoms with Crippen LogP contribution in [0.5, 0.6) is 5.75 Å². The topological polar surface area (TPSA) is 75.7 Å². The molecule has 160 valence electrons. The van der Waals surface area contributed by atoms with Crippen LogP contribution in [-0.2, 0) is 14.8 Å². The van der Waals surface area contributed by atoms with Gasteiger partial charge in [-0.1, -0.05) is 42.0 Å². The van der Waals surface area contributed by atoms with Crippen LogP contribution < -0.4 is 14.4 Å². The second-order valence-corrected chi connectivity index (χ2v) is 9.59. The number of aryl methyl sites for hydroxylation is 3. The molecule has 0 aliphatic carbocycles. The van der Waals surface area contributed by atoms with E-state index in [-0.39, 0.29) is 11.4 Å². The van der Waals surface area contributed by atoms with Gasteiger partial charge in [0.05, 0.1) is 17.1 Å². The van der Waals surface area contributed by atoms with Crippen molar-refractivity contribution in [1.29, 1.82) is 0 Å². The molecule has 0 saturated heterocycles. The van der Waals surface area contributed by atoms with Crippen LogP contribution in [0.15, 0.2) is 71.6 Å². The van der Waals surface area contributed by atoms with Crippen molar-refractivity contribution < 1.29 is 17.9 Å².